The summed E-state index contributed by atoms with van der Waals surface area (Å²) < 4.78 is 13.9. The number of nitrogens with two attached hydrogens (primary N) is 1. The molecular formula is C17H19FN2O. The average Bonchev–Trinajstić information content (AvgIpc) is 2.46. The number of hydrogen-bond acceptors (Lipinski definition) is 2. The van der Waals surface area contributed by atoms with Gasteiger partial charge in [0.1, 0.15) is 5.82 Å². The smallest absolute Gasteiger partial charge is 0.256 e. The normalized spacial score (nSPS) is 12.0. The molecule has 4 heteroatoms. The minimum atomic E-state index is -0.377. The molecule has 0 fully saturated rings. The average molecular weight is 286 g/mol. The summed E-state index contributed by atoms with van der Waals surface area (Å²) in [5.74, 6) is -0.524. The summed E-state index contributed by atoms with van der Waals surface area (Å²) in [4.78, 5) is 14.1. The Bertz CT molecular complexity index is 649. The number of nitrogens with zero attached hydrogens (tertiary/aromatic N) is 1. The van der Waals surface area contributed by atoms with Crippen LogP contribution in [0.3, 0.4) is 0 Å². The molecule has 3 nitrogen and oxygen atoms in total. The number of nitrogen functional groups attached to an aromatic ring is 1. The van der Waals surface area contributed by atoms with E-state index in [0.717, 1.165) is 5.56 Å². The van der Waals surface area contributed by atoms with E-state index >= 15 is 0 Å². The van der Waals surface area contributed by atoms with E-state index in [1.165, 1.54) is 11.0 Å². The van der Waals surface area contributed by atoms with Crippen LogP contribution in [0.5, 0.6) is 0 Å². The topological polar surface area (TPSA) is 46.3 Å². The van der Waals surface area contributed by atoms with Crippen molar-refractivity contribution in [2.75, 3.05) is 12.8 Å². The number of amides is 1. The summed E-state index contributed by atoms with van der Waals surface area (Å²) in [5.41, 5.74) is 8.12. The summed E-state index contributed by atoms with van der Waals surface area (Å²) in [5, 5.41) is 0. The fourth-order valence-corrected chi connectivity index (χ4v) is 2.36. The van der Waals surface area contributed by atoms with Crippen LogP contribution in [0.15, 0.2) is 42.5 Å². The minimum Gasteiger partial charge on any atom is -0.398 e. The Kier molecular flexibility index (Phi) is 4.26. The van der Waals surface area contributed by atoms with Crippen molar-refractivity contribution in [1.29, 1.82) is 0 Å². The van der Waals surface area contributed by atoms with Crippen LogP contribution in [0, 0.1) is 12.7 Å². The molecule has 0 spiro atoms. The number of rotatable bonds is 3. The van der Waals surface area contributed by atoms with Crippen molar-refractivity contribution < 1.29 is 9.18 Å². The molecule has 0 heterocycles. The van der Waals surface area contributed by atoms with E-state index in [-0.39, 0.29) is 17.8 Å². The molecular weight excluding hydrogens is 267 g/mol. The van der Waals surface area contributed by atoms with E-state index in [4.69, 9.17) is 5.73 Å². The number of aryl methyl sites for hydroxylation is 1. The SMILES string of the molecule is Cc1cccc(N)c1C(=O)N(C)C(C)c1ccccc1F. The zero-order valence-electron chi connectivity index (χ0n) is 12.4. The Hall–Kier alpha value is -2.36. The third-order valence-corrected chi connectivity index (χ3v) is 3.78. The van der Waals surface area contributed by atoms with Crippen molar-refractivity contribution >= 4 is 11.6 Å². The summed E-state index contributed by atoms with van der Waals surface area (Å²) >= 11 is 0. The van der Waals surface area contributed by atoms with Gasteiger partial charge in [-0.3, -0.25) is 4.79 Å². The third kappa shape index (κ3) is 2.89. The fraction of sp³-hybridized carbons (Fsp3) is 0.235. The van der Waals surface area contributed by atoms with Crippen LogP contribution in [-0.2, 0) is 0 Å². The molecule has 110 valence electrons. The molecule has 0 radical (unpaired) electrons. The molecule has 1 atom stereocenters. The van der Waals surface area contributed by atoms with E-state index in [2.05, 4.69) is 0 Å². The van der Waals surface area contributed by atoms with E-state index in [0.29, 0.717) is 16.8 Å². The molecule has 0 saturated heterocycles. The Morgan fingerprint density at radius 2 is 1.86 bits per heavy atom. The van der Waals surface area contributed by atoms with Crippen LogP contribution < -0.4 is 5.73 Å². The first-order valence-corrected chi connectivity index (χ1v) is 6.80. The molecule has 0 aliphatic rings. The van der Waals surface area contributed by atoms with Crippen LogP contribution in [-0.4, -0.2) is 17.9 Å². The lowest BCUT2D eigenvalue weighted by molar-refractivity contribution is 0.0741. The number of carbonyl (C=O) groups excluding carboxylic acids is 1. The van der Waals surface area contributed by atoms with Gasteiger partial charge in [0.25, 0.3) is 5.91 Å². The second-order valence-electron chi connectivity index (χ2n) is 5.15. The number of halogens is 1. The summed E-state index contributed by atoms with van der Waals surface area (Å²) in [6.07, 6.45) is 0. The van der Waals surface area contributed by atoms with Crippen molar-refractivity contribution in [1.82, 2.24) is 4.90 Å². The molecule has 0 aliphatic carbocycles. The van der Waals surface area contributed by atoms with Gasteiger partial charge in [-0.1, -0.05) is 30.3 Å². The van der Waals surface area contributed by atoms with Gasteiger partial charge in [-0.2, -0.15) is 0 Å². The van der Waals surface area contributed by atoms with Crippen molar-refractivity contribution in [2.45, 2.75) is 19.9 Å². The van der Waals surface area contributed by atoms with Gasteiger partial charge in [-0.05, 0) is 31.5 Å². The van der Waals surface area contributed by atoms with Crippen LogP contribution in [0.25, 0.3) is 0 Å². The molecule has 0 aliphatic heterocycles. The second kappa shape index (κ2) is 5.95. The zero-order valence-corrected chi connectivity index (χ0v) is 12.4. The van der Waals surface area contributed by atoms with Gasteiger partial charge < -0.3 is 10.6 Å². The van der Waals surface area contributed by atoms with Crippen LogP contribution in [0.4, 0.5) is 10.1 Å². The van der Waals surface area contributed by atoms with Crippen molar-refractivity contribution in [3.8, 4) is 0 Å². The maximum atomic E-state index is 13.9. The predicted octanol–water partition coefficient (Wildman–Crippen LogP) is 3.55. The van der Waals surface area contributed by atoms with Gasteiger partial charge in [0, 0.05) is 18.3 Å². The first-order valence-electron chi connectivity index (χ1n) is 6.80. The van der Waals surface area contributed by atoms with Crippen LogP contribution in [0.1, 0.15) is 34.5 Å². The molecule has 2 aromatic rings. The molecule has 0 saturated carbocycles. The largest absolute Gasteiger partial charge is 0.398 e. The maximum absolute atomic E-state index is 13.9. The Morgan fingerprint density at radius 1 is 1.19 bits per heavy atom. The lowest BCUT2D eigenvalue weighted by atomic mass is 10.0. The van der Waals surface area contributed by atoms with E-state index in [1.807, 2.05) is 19.1 Å². The van der Waals surface area contributed by atoms with Gasteiger partial charge >= 0.3 is 0 Å². The van der Waals surface area contributed by atoms with E-state index in [1.54, 1.807) is 38.2 Å². The first kappa shape index (κ1) is 15.0. The molecule has 21 heavy (non-hydrogen) atoms. The quantitative estimate of drug-likeness (QED) is 0.877. The predicted molar refractivity (Wildman–Crippen MR) is 82.5 cm³/mol. The minimum absolute atomic E-state index is 0.207. The lowest BCUT2D eigenvalue weighted by Gasteiger charge is -2.26. The molecule has 2 aromatic carbocycles. The number of anilines is 1. The van der Waals surface area contributed by atoms with Crippen LogP contribution >= 0.6 is 0 Å². The molecule has 2 rings (SSSR count). The standard InChI is InChI=1S/C17H19FN2O/c1-11-7-6-10-15(19)16(11)17(21)20(3)12(2)13-8-4-5-9-14(13)18/h4-10,12H,19H2,1-3H3. The maximum Gasteiger partial charge on any atom is 0.256 e. The van der Waals surface area contributed by atoms with Crippen molar-refractivity contribution in [3.05, 3.63) is 65.0 Å². The summed E-state index contributed by atoms with van der Waals surface area (Å²) in [6, 6.07) is 11.4. The monoisotopic (exact) mass is 286 g/mol. The summed E-state index contributed by atoms with van der Waals surface area (Å²) in [7, 11) is 1.66. The number of carbonyl (C=O) groups is 1. The van der Waals surface area contributed by atoms with E-state index < -0.39 is 0 Å². The lowest BCUT2D eigenvalue weighted by Crippen LogP contribution is -2.31. The van der Waals surface area contributed by atoms with Gasteiger partial charge in [0.15, 0.2) is 0 Å². The van der Waals surface area contributed by atoms with Crippen molar-refractivity contribution in [2.24, 2.45) is 0 Å². The highest BCUT2D eigenvalue weighted by Crippen LogP contribution is 2.25. The molecule has 0 bridgehead atoms. The van der Waals surface area contributed by atoms with Gasteiger partial charge in [0.05, 0.1) is 11.6 Å². The van der Waals surface area contributed by atoms with Gasteiger partial charge in [0.2, 0.25) is 0 Å². The number of hydrogen-bond donors (Lipinski definition) is 1. The fourth-order valence-electron chi connectivity index (χ4n) is 2.36. The first-order chi connectivity index (χ1) is 9.93. The Labute approximate surface area is 124 Å². The summed E-state index contributed by atoms with van der Waals surface area (Å²) in [6.45, 7) is 3.63. The molecule has 2 N–H and O–H groups in total. The molecule has 1 amide bonds. The Morgan fingerprint density at radius 3 is 2.48 bits per heavy atom. The molecule has 0 aromatic heterocycles. The second-order valence-corrected chi connectivity index (χ2v) is 5.15. The zero-order chi connectivity index (χ0) is 15.6. The molecule has 1 unspecified atom stereocenters. The van der Waals surface area contributed by atoms with Crippen LogP contribution in [0.2, 0.25) is 0 Å². The number of benzene rings is 2. The highest BCUT2D eigenvalue weighted by molar-refractivity contribution is 6.00. The van der Waals surface area contributed by atoms with E-state index in [9.17, 15) is 9.18 Å². The third-order valence-electron chi connectivity index (χ3n) is 3.78. The Balaban J connectivity index is 2.34. The highest BCUT2D eigenvalue weighted by atomic mass is 19.1. The van der Waals surface area contributed by atoms with Gasteiger partial charge in [-0.15, -0.1) is 0 Å². The highest BCUT2D eigenvalue weighted by Gasteiger charge is 2.23. The van der Waals surface area contributed by atoms with Crippen molar-refractivity contribution in [3.63, 3.8) is 0 Å². The van der Waals surface area contributed by atoms with Gasteiger partial charge in [-0.25, -0.2) is 4.39 Å².